The van der Waals surface area contributed by atoms with E-state index in [0.29, 0.717) is 11.7 Å². The second-order valence-corrected chi connectivity index (χ2v) is 4.81. The summed E-state index contributed by atoms with van der Waals surface area (Å²) >= 11 is 0. The summed E-state index contributed by atoms with van der Waals surface area (Å²) in [7, 11) is 0. The van der Waals surface area contributed by atoms with Crippen molar-refractivity contribution in [3.8, 4) is 5.69 Å². The number of aromatic nitrogens is 2. The number of hydrogen-bond donors (Lipinski definition) is 1. The molecule has 0 saturated heterocycles. The van der Waals surface area contributed by atoms with Crippen LogP contribution in [0.4, 0.5) is 4.39 Å². The number of benzene rings is 1. The molecule has 0 unspecified atom stereocenters. The van der Waals surface area contributed by atoms with Crippen molar-refractivity contribution >= 4 is 0 Å². The lowest BCUT2D eigenvalue weighted by molar-refractivity contribution is 0.604. The van der Waals surface area contributed by atoms with Gasteiger partial charge in [-0.1, -0.05) is 12.1 Å². The molecule has 1 aromatic carbocycles. The summed E-state index contributed by atoms with van der Waals surface area (Å²) in [6.07, 6.45) is 4.33. The number of halogens is 1. The first-order valence-electron chi connectivity index (χ1n) is 6.27. The number of aryl methyl sites for hydroxylation is 1. The van der Waals surface area contributed by atoms with Gasteiger partial charge in [-0.05, 0) is 37.5 Å². The van der Waals surface area contributed by atoms with Crippen LogP contribution in [0.25, 0.3) is 5.69 Å². The minimum atomic E-state index is -0.236. The van der Waals surface area contributed by atoms with Crippen LogP contribution in [0.15, 0.2) is 30.5 Å². The van der Waals surface area contributed by atoms with Gasteiger partial charge in [0.15, 0.2) is 0 Å². The van der Waals surface area contributed by atoms with E-state index in [-0.39, 0.29) is 5.82 Å². The monoisotopic (exact) mass is 245 g/mol. The van der Waals surface area contributed by atoms with E-state index in [1.165, 1.54) is 18.9 Å². The summed E-state index contributed by atoms with van der Waals surface area (Å²) in [5.74, 6) is -0.236. The summed E-state index contributed by atoms with van der Waals surface area (Å²) in [6.45, 7) is 2.65. The Morgan fingerprint density at radius 3 is 2.94 bits per heavy atom. The molecule has 2 aromatic rings. The van der Waals surface area contributed by atoms with Gasteiger partial charge in [-0.15, -0.1) is 0 Å². The Labute approximate surface area is 106 Å². The summed E-state index contributed by atoms with van der Waals surface area (Å²) in [5.41, 5.74) is 2.37. The van der Waals surface area contributed by atoms with Gasteiger partial charge in [0.25, 0.3) is 0 Å². The Morgan fingerprint density at radius 2 is 2.22 bits per heavy atom. The molecule has 4 heteroatoms. The van der Waals surface area contributed by atoms with Crippen LogP contribution in [-0.2, 0) is 6.54 Å². The third-order valence-corrected chi connectivity index (χ3v) is 3.21. The standard InChI is InChI=1S/C14H16FN3/c1-10-3-2-4-13(15)14(10)18-8-7-12(17-18)9-16-11-5-6-11/h2-4,7-8,11,16H,5-6,9H2,1H3. The number of nitrogens with one attached hydrogen (secondary N) is 1. The Hall–Kier alpha value is -1.68. The number of hydrogen-bond acceptors (Lipinski definition) is 2. The highest BCUT2D eigenvalue weighted by molar-refractivity contribution is 5.40. The van der Waals surface area contributed by atoms with Crippen molar-refractivity contribution in [3.63, 3.8) is 0 Å². The molecule has 1 aliphatic rings. The minimum absolute atomic E-state index is 0.236. The predicted octanol–water partition coefficient (Wildman–Crippen LogP) is 2.57. The van der Waals surface area contributed by atoms with Crippen LogP contribution in [0, 0.1) is 12.7 Å². The van der Waals surface area contributed by atoms with Gasteiger partial charge in [0, 0.05) is 18.8 Å². The molecule has 0 bridgehead atoms. The van der Waals surface area contributed by atoms with Gasteiger partial charge in [0.05, 0.1) is 5.69 Å². The molecular weight excluding hydrogens is 229 g/mol. The zero-order chi connectivity index (χ0) is 12.5. The topological polar surface area (TPSA) is 29.9 Å². The fourth-order valence-electron chi connectivity index (χ4n) is 2.03. The Bertz CT molecular complexity index is 538. The van der Waals surface area contributed by atoms with Gasteiger partial charge in [-0.25, -0.2) is 9.07 Å². The molecule has 0 atom stereocenters. The summed E-state index contributed by atoms with van der Waals surface area (Å²) in [5, 5.41) is 7.81. The average Bonchev–Trinajstić information content (AvgIpc) is 3.06. The van der Waals surface area contributed by atoms with Crippen LogP contribution >= 0.6 is 0 Å². The van der Waals surface area contributed by atoms with Crippen LogP contribution in [-0.4, -0.2) is 15.8 Å². The molecule has 1 saturated carbocycles. The molecule has 0 spiro atoms. The van der Waals surface area contributed by atoms with Crippen LogP contribution in [0.1, 0.15) is 24.1 Å². The normalized spacial score (nSPS) is 15.0. The lowest BCUT2D eigenvalue weighted by atomic mass is 10.2. The average molecular weight is 245 g/mol. The third-order valence-electron chi connectivity index (χ3n) is 3.21. The molecule has 1 N–H and O–H groups in total. The van der Waals surface area contributed by atoms with Crippen LogP contribution in [0.3, 0.4) is 0 Å². The van der Waals surface area contributed by atoms with Crippen molar-refractivity contribution in [2.45, 2.75) is 32.4 Å². The van der Waals surface area contributed by atoms with Gasteiger partial charge in [0.2, 0.25) is 0 Å². The second kappa shape index (κ2) is 4.53. The highest BCUT2D eigenvalue weighted by Crippen LogP contribution is 2.20. The Balaban J connectivity index is 1.83. The molecule has 0 radical (unpaired) electrons. The van der Waals surface area contributed by atoms with E-state index in [1.807, 2.05) is 25.3 Å². The number of para-hydroxylation sites is 1. The van der Waals surface area contributed by atoms with Crippen molar-refractivity contribution in [3.05, 3.63) is 47.5 Å². The van der Waals surface area contributed by atoms with Crippen molar-refractivity contribution in [2.75, 3.05) is 0 Å². The van der Waals surface area contributed by atoms with Crippen molar-refractivity contribution in [2.24, 2.45) is 0 Å². The molecule has 0 amide bonds. The third kappa shape index (κ3) is 2.29. The maximum absolute atomic E-state index is 13.8. The Kier molecular flexibility index (Phi) is 2.88. The van der Waals surface area contributed by atoms with Gasteiger partial charge in [-0.2, -0.15) is 5.10 Å². The van der Waals surface area contributed by atoms with Gasteiger partial charge in [0.1, 0.15) is 11.5 Å². The first-order chi connectivity index (χ1) is 8.74. The Morgan fingerprint density at radius 1 is 1.39 bits per heavy atom. The quantitative estimate of drug-likeness (QED) is 0.897. The molecule has 1 fully saturated rings. The lowest BCUT2D eigenvalue weighted by Gasteiger charge is -2.06. The molecular formula is C14H16FN3. The fraction of sp³-hybridized carbons (Fsp3) is 0.357. The van der Waals surface area contributed by atoms with Crippen molar-refractivity contribution in [1.29, 1.82) is 0 Å². The fourth-order valence-corrected chi connectivity index (χ4v) is 2.03. The van der Waals surface area contributed by atoms with Crippen molar-refractivity contribution in [1.82, 2.24) is 15.1 Å². The second-order valence-electron chi connectivity index (χ2n) is 4.81. The zero-order valence-corrected chi connectivity index (χ0v) is 10.4. The highest BCUT2D eigenvalue weighted by atomic mass is 19.1. The predicted molar refractivity (Wildman–Crippen MR) is 68.1 cm³/mol. The molecule has 3 nitrogen and oxygen atoms in total. The highest BCUT2D eigenvalue weighted by Gasteiger charge is 2.20. The molecule has 0 aliphatic heterocycles. The minimum Gasteiger partial charge on any atom is -0.308 e. The smallest absolute Gasteiger partial charge is 0.149 e. The van der Waals surface area contributed by atoms with Gasteiger partial charge >= 0.3 is 0 Å². The van der Waals surface area contributed by atoms with E-state index < -0.39 is 0 Å². The lowest BCUT2D eigenvalue weighted by Crippen LogP contribution is -2.16. The van der Waals surface area contributed by atoms with E-state index in [9.17, 15) is 4.39 Å². The van der Waals surface area contributed by atoms with Crippen molar-refractivity contribution < 1.29 is 4.39 Å². The molecule has 1 aromatic heterocycles. The van der Waals surface area contributed by atoms with Crippen LogP contribution in [0.2, 0.25) is 0 Å². The van der Waals surface area contributed by atoms with Gasteiger partial charge in [-0.3, -0.25) is 0 Å². The van der Waals surface area contributed by atoms with E-state index in [0.717, 1.165) is 17.8 Å². The summed E-state index contributed by atoms with van der Waals surface area (Å²) in [4.78, 5) is 0. The van der Waals surface area contributed by atoms with Crippen LogP contribution < -0.4 is 5.32 Å². The molecule has 1 heterocycles. The first kappa shape index (κ1) is 11.4. The largest absolute Gasteiger partial charge is 0.308 e. The SMILES string of the molecule is Cc1cccc(F)c1-n1ccc(CNC2CC2)n1. The van der Waals surface area contributed by atoms with E-state index in [2.05, 4.69) is 10.4 Å². The maximum Gasteiger partial charge on any atom is 0.149 e. The summed E-state index contributed by atoms with van der Waals surface area (Å²) in [6, 6.07) is 7.66. The summed E-state index contributed by atoms with van der Waals surface area (Å²) < 4.78 is 15.4. The van der Waals surface area contributed by atoms with Crippen LogP contribution in [0.5, 0.6) is 0 Å². The first-order valence-corrected chi connectivity index (χ1v) is 6.27. The van der Waals surface area contributed by atoms with E-state index in [1.54, 1.807) is 10.7 Å². The number of rotatable bonds is 4. The number of nitrogens with zero attached hydrogens (tertiary/aromatic N) is 2. The molecule has 94 valence electrons. The molecule has 18 heavy (non-hydrogen) atoms. The zero-order valence-electron chi connectivity index (χ0n) is 10.4. The van der Waals surface area contributed by atoms with E-state index >= 15 is 0 Å². The molecule has 1 aliphatic carbocycles. The molecule has 3 rings (SSSR count). The van der Waals surface area contributed by atoms with E-state index in [4.69, 9.17) is 0 Å². The maximum atomic E-state index is 13.8. The van der Waals surface area contributed by atoms with Gasteiger partial charge < -0.3 is 5.32 Å².